The topological polar surface area (TPSA) is 58.9 Å². The molecule has 1 aromatic carbocycles. The largest absolute Gasteiger partial charge is 0.369 e. The van der Waals surface area contributed by atoms with E-state index in [0.29, 0.717) is 14.9 Å². The summed E-state index contributed by atoms with van der Waals surface area (Å²) in [5, 5.41) is 1.09. The predicted octanol–water partition coefficient (Wildman–Crippen LogP) is 2.71. The van der Waals surface area contributed by atoms with Gasteiger partial charge in [-0.2, -0.15) is 0 Å². The summed E-state index contributed by atoms with van der Waals surface area (Å²) in [6.45, 7) is 1.84. The van der Waals surface area contributed by atoms with Crippen molar-refractivity contribution in [3.63, 3.8) is 0 Å². The lowest BCUT2D eigenvalue weighted by atomic mass is 9.99. The van der Waals surface area contributed by atoms with Gasteiger partial charge in [-0.05, 0) is 36.8 Å². The molecule has 3 N–H and O–H groups in total. The van der Waals surface area contributed by atoms with E-state index in [0.717, 1.165) is 16.5 Å². The zero-order valence-corrected chi connectivity index (χ0v) is 12.1. The van der Waals surface area contributed by atoms with Crippen LogP contribution in [0.5, 0.6) is 0 Å². The Bertz CT molecular complexity index is 712. The number of H-pyrrole nitrogens is 1. The molecule has 3 nitrogen and oxygen atoms in total. The van der Waals surface area contributed by atoms with E-state index in [1.807, 2.05) is 13.1 Å². The SMILES string of the molecule is CC(C(N)=O)c1c[nH]c2ccc(C3=CC=C[Br+]3)cc12. The molecule has 1 amide bonds. The van der Waals surface area contributed by atoms with E-state index in [1.165, 1.54) is 10.0 Å². The van der Waals surface area contributed by atoms with Gasteiger partial charge < -0.3 is 10.7 Å². The van der Waals surface area contributed by atoms with Crippen LogP contribution in [0.25, 0.3) is 15.4 Å². The highest BCUT2D eigenvalue weighted by Crippen LogP contribution is 2.29. The first-order chi connectivity index (χ1) is 9.16. The van der Waals surface area contributed by atoms with Crippen LogP contribution in [0.4, 0.5) is 0 Å². The predicted molar refractivity (Wildman–Crippen MR) is 73.0 cm³/mol. The van der Waals surface area contributed by atoms with Crippen molar-refractivity contribution in [3.8, 4) is 0 Å². The number of benzene rings is 1. The maximum absolute atomic E-state index is 11.4. The molecule has 19 heavy (non-hydrogen) atoms. The Morgan fingerprint density at radius 3 is 2.95 bits per heavy atom. The molecule has 0 saturated heterocycles. The van der Waals surface area contributed by atoms with Crippen molar-refractivity contribution in [3.05, 3.63) is 52.7 Å². The number of nitrogens with one attached hydrogen (secondary N) is 1. The van der Waals surface area contributed by atoms with Gasteiger partial charge in [-0.15, -0.1) is 0 Å². The van der Waals surface area contributed by atoms with Gasteiger partial charge in [0.05, 0.1) is 5.92 Å². The minimum Gasteiger partial charge on any atom is -0.369 e. The summed E-state index contributed by atoms with van der Waals surface area (Å²) in [6, 6.07) is 6.32. The van der Waals surface area contributed by atoms with E-state index in [9.17, 15) is 4.79 Å². The van der Waals surface area contributed by atoms with Crippen molar-refractivity contribution in [2.24, 2.45) is 5.73 Å². The van der Waals surface area contributed by atoms with Crippen LogP contribution in [-0.2, 0) is 4.79 Å². The zero-order chi connectivity index (χ0) is 13.4. The smallest absolute Gasteiger partial charge is 0.311 e. The van der Waals surface area contributed by atoms with Gasteiger partial charge in [0.2, 0.25) is 10.4 Å². The highest BCUT2D eigenvalue weighted by molar-refractivity contribution is 5.92. The van der Waals surface area contributed by atoms with Crippen LogP contribution in [0.15, 0.2) is 41.5 Å². The number of carbonyl (C=O) groups is 1. The molecule has 1 aliphatic heterocycles. The maximum Gasteiger partial charge on any atom is 0.311 e. The average molecular weight is 318 g/mol. The standard InChI is InChI=1S/C15H13BrN2O/c1-9(15(17)19)12-8-18-14-5-4-10(7-11(12)14)13-3-2-6-16-13/h2-9,18H,1H3,(H-,17,19)/p+1. The Labute approximate surface area is 117 Å². The van der Waals surface area contributed by atoms with E-state index in [-0.39, 0.29) is 11.8 Å². The number of allylic oxidation sites excluding steroid dienone is 2. The monoisotopic (exact) mass is 317 g/mol. The summed E-state index contributed by atoms with van der Waals surface area (Å²) < 4.78 is 1.34. The highest BCUT2D eigenvalue weighted by atomic mass is 79.9. The lowest BCUT2D eigenvalue weighted by Crippen LogP contribution is -2.18. The molecule has 0 bridgehead atoms. The molecule has 0 spiro atoms. The van der Waals surface area contributed by atoms with Crippen LogP contribution >= 0.6 is 0 Å². The van der Waals surface area contributed by atoms with Crippen molar-refractivity contribution < 1.29 is 19.7 Å². The zero-order valence-electron chi connectivity index (χ0n) is 10.5. The summed E-state index contributed by atoms with van der Waals surface area (Å²) in [6.07, 6.45) is 6.11. The van der Waals surface area contributed by atoms with Crippen LogP contribution in [-0.4, -0.2) is 10.9 Å². The molecular weight excluding hydrogens is 304 g/mol. The number of fused-ring (bicyclic) bond motifs is 1. The number of carbonyl (C=O) groups excluding carboxylic acids is 1. The third kappa shape index (κ3) is 2.12. The number of primary amides is 1. The first-order valence-corrected chi connectivity index (χ1v) is 7.78. The number of hydrogen-bond acceptors (Lipinski definition) is 1. The Morgan fingerprint density at radius 1 is 1.42 bits per heavy atom. The number of amides is 1. The van der Waals surface area contributed by atoms with Crippen LogP contribution < -0.4 is 5.73 Å². The van der Waals surface area contributed by atoms with Gasteiger partial charge >= 0.3 is 14.9 Å². The second-order valence-corrected chi connectivity index (χ2v) is 6.41. The Hall–Kier alpha value is -1.81. The lowest BCUT2D eigenvalue weighted by molar-refractivity contribution is -0.483. The number of hydrogen-bond donors (Lipinski definition) is 2. The molecule has 1 aromatic heterocycles. The van der Waals surface area contributed by atoms with Gasteiger partial charge in [0.1, 0.15) is 0 Å². The van der Waals surface area contributed by atoms with Crippen LogP contribution in [0.3, 0.4) is 0 Å². The first kappa shape index (κ1) is 12.2. The summed E-state index contributed by atoms with van der Waals surface area (Å²) in [4.78, 5) is 16.7. The van der Waals surface area contributed by atoms with Crippen molar-refractivity contribution in [1.82, 2.24) is 4.98 Å². The van der Waals surface area contributed by atoms with Gasteiger partial charge in [0.25, 0.3) is 0 Å². The molecule has 2 aromatic rings. The fourth-order valence-electron chi connectivity index (χ4n) is 2.22. The number of rotatable bonds is 3. The fraction of sp³-hybridized carbons (Fsp3) is 0.133. The van der Waals surface area contributed by atoms with Crippen molar-refractivity contribution in [1.29, 1.82) is 0 Å². The average Bonchev–Trinajstić information content (AvgIpc) is 3.06. The van der Waals surface area contributed by atoms with Crippen LogP contribution in [0.1, 0.15) is 24.0 Å². The van der Waals surface area contributed by atoms with Gasteiger partial charge in [-0.3, -0.25) is 4.79 Å². The number of halogens is 1. The second-order valence-electron chi connectivity index (χ2n) is 4.57. The Kier molecular flexibility index (Phi) is 3.03. The van der Waals surface area contributed by atoms with E-state index < -0.39 is 0 Å². The molecule has 0 aliphatic carbocycles. The summed E-state index contributed by atoms with van der Waals surface area (Å²) in [7, 11) is 0. The molecule has 1 atom stereocenters. The third-order valence-electron chi connectivity index (χ3n) is 3.38. The molecule has 1 aliphatic rings. The quantitative estimate of drug-likeness (QED) is 0.898. The molecule has 0 fully saturated rings. The van der Waals surface area contributed by atoms with Crippen molar-refractivity contribution in [2.45, 2.75) is 12.8 Å². The van der Waals surface area contributed by atoms with E-state index in [4.69, 9.17) is 5.73 Å². The maximum atomic E-state index is 11.4. The minimum atomic E-state index is -0.296. The third-order valence-corrected chi connectivity index (χ3v) is 5.16. The van der Waals surface area contributed by atoms with Gasteiger partial charge in [-0.25, -0.2) is 0 Å². The fourth-order valence-corrected chi connectivity index (χ4v) is 3.63. The molecular formula is C15H14BrN2O+. The second kappa shape index (κ2) is 4.70. The van der Waals surface area contributed by atoms with Crippen LogP contribution in [0.2, 0.25) is 0 Å². The summed E-state index contributed by atoms with van der Waals surface area (Å²) in [5.74, 6) is -0.572. The molecule has 4 heteroatoms. The molecule has 96 valence electrons. The Balaban J connectivity index is 2.10. The van der Waals surface area contributed by atoms with E-state index in [1.54, 1.807) is 0 Å². The minimum absolute atomic E-state index is 0.276. The van der Waals surface area contributed by atoms with Crippen LogP contribution in [0, 0.1) is 14.9 Å². The first-order valence-electron chi connectivity index (χ1n) is 6.08. The van der Waals surface area contributed by atoms with Crippen molar-refractivity contribution >= 4 is 21.3 Å². The van der Waals surface area contributed by atoms with Crippen molar-refractivity contribution in [2.75, 3.05) is 0 Å². The van der Waals surface area contributed by atoms with Gasteiger partial charge in [-0.1, -0.05) is 0 Å². The molecule has 0 saturated carbocycles. The number of aromatic nitrogens is 1. The molecule has 0 radical (unpaired) electrons. The highest BCUT2D eigenvalue weighted by Gasteiger charge is 2.21. The summed E-state index contributed by atoms with van der Waals surface area (Å²) >= 11 is 0.693. The van der Waals surface area contributed by atoms with Gasteiger partial charge in [0.15, 0.2) is 4.99 Å². The number of aromatic amines is 1. The normalized spacial score (nSPS) is 15.7. The van der Waals surface area contributed by atoms with E-state index >= 15 is 0 Å². The van der Waals surface area contributed by atoms with Gasteiger partial charge in [0, 0.05) is 28.7 Å². The Morgan fingerprint density at radius 2 is 2.26 bits per heavy atom. The molecule has 1 unspecified atom stereocenters. The molecule has 2 heterocycles. The molecule has 3 rings (SSSR count). The summed E-state index contributed by atoms with van der Waals surface area (Å²) in [5.41, 5.74) is 8.64. The van der Waals surface area contributed by atoms with E-state index in [2.05, 4.69) is 40.3 Å². The lowest BCUT2D eigenvalue weighted by Gasteiger charge is -2.05. The number of nitrogens with two attached hydrogens (primary N) is 1.